The van der Waals surface area contributed by atoms with E-state index < -0.39 is 0 Å². The molecule has 2 N–H and O–H groups in total. The van der Waals surface area contributed by atoms with Crippen LogP contribution in [0.5, 0.6) is 0 Å². The minimum atomic E-state index is -0.186. The van der Waals surface area contributed by atoms with Crippen molar-refractivity contribution in [3.63, 3.8) is 0 Å². The van der Waals surface area contributed by atoms with Crippen molar-refractivity contribution in [3.8, 4) is 11.1 Å². The van der Waals surface area contributed by atoms with Crippen molar-refractivity contribution in [2.24, 2.45) is 0 Å². The molecule has 2 aromatic rings. The van der Waals surface area contributed by atoms with E-state index in [0.29, 0.717) is 5.56 Å². The Morgan fingerprint density at radius 1 is 1.00 bits per heavy atom. The highest BCUT2D eigenvalue weighted by atomic mass is 19.1. The van der Waals surface area contributed by atoms with Gasteiger partial charge in [0.2, 0.25) is 0 Å². The highest BCUT2D eigenvalue weighted by Gasteiger charge is 2.04. The van der Waals surface area contributed by atoms with Crippen LogP contribution < -0.4 is 5.73 Å². The van der Waals surface area contributed by atoms with Gasteiger partial charge in [-0.15, -0.1) is 0 Å². The number of rotatable bonds is 1. The lowest BCUT2D eigenvalue weighted by atomic mass is 10.0. The van der Waals surface area contributed by atoms with Crippen molar-refractivity contribution >= 4 is 5.69 Å². The first kappa shape index (κ1) is 10.7. The average molecular weight is 215 g/mol. The number of nitrogens with two attached hydrogens (primary N) is 1. The summed E-state index contributed by atoms with van der Waals surface area (Å²) in [5.74, 6) is -0.186. The minimum absolute atomic E-state index is 0.186. The summed E-state index contributed by atoms with van der Waals surface area (Å²) in [6.07, 6.45) is 0. The van der Waals surface area contributed by atoms with Gasteiger partial charge in [0.1, 0.15) is 5.82 Å². The van der Waals surface area contributed by atoms with Crippen molar-refractivity contribution in [3.05, 3.63) is 53.3 Å². The fourth-order valence-electron chi connectivity index (χ4n) is 1.76. The first-order chi connectivity index (χ1) is 7.58. The van der Waals surface area contributed by atoms with E-state index in [1.165, 1.54) is 6.07 Å². The van der Waals surface area contributed by atoms with E-state index in [1.807, 2.05) is 31.2 Å². The van der Waals surface area contributed by atoms with Crippen molar-refractivity contribution in [2.45, 2.75) is 13.8 Å². The van der Waals surface area contributed by atoms with Crippen LogP contribution in [0.3, 0.4) is 0 Å². The third-order valence-corrected chi connectivity index (χ3v) is 2.68. The SMILES string of the molecule is Cc1ccc(-c2ccc(F)c(C)c2)c(N)c1. The second kappa shape index (κ2) is 3.97. The molecular weight excluding hydrogens is 201 g/mol. The molecule has 0 radical (unpaired) electrons. The van der Waals surface area contributed by atoms with E-state index in [9.17, 15) is 4.39 Å². The van der Waals surface area contributed by atoms with Gasteiger partial charge in [-0.1, -0.05) is 18.2 Å². The Balaban J connectivity index is 2.54. The van der Waals surface area contributed by atoms with Gasteiger partial charge in [0.15, 0.2) is 0 Å². The molecule has 0 unspecified atom stereocenters. The fraction of sp³-hybridized carbons (Fsp3) is 0.143. The molecule has 0 aliphatic heterocycles. The lowest BCUT2D eigenvalue weighted by Crippen LogP contribution is -1.92. The van der Waals surface area contributed by atoms with Gasteiger partial charge in [-0.05, 0) is 48.7 Å². The molecule has 0 spiro atoms. The van der Waals surface area contributed by atoms with Gasteiger partial charge in [0, 0.05) is 11.3 Å². The van der Waals surface area contributed by atoms with Crippen molar-refractivity contribution in [1.82, 2.24) is 0 Å². The maximum Gasteiger partial charge on any atom is 0.126 e. The Hall–Kier alpha value is -1.83. The van der Waals surface area contributed by atoms with Gasteiger partial charge in [-0.3, -0.25) is 0 Å². The van der Waals surface area contributed by atoms with Crippen LogP contribution in [0.2, 0.25) is 0 Å². The lowest BCUT2D eigenvalue weighted by Gasteiger charge is -2.08. The summed E-state index contributed by atoms with van der Waals surface area (Å²) in [6, 6.07) is 10.9. The van der Waals surface area contributed by atoms with Crippen molar-refractivity contribution in [2.75, 3.05) is 5.73 Å². The summed E-state index contributed by atoms with van der Waals surface area (Å²) in [4.78, 5) is 0. The smallest absolute Gasteiger partial charge is 0.126 e. The number of aryl methyl sites for hydroxylation is 2. The number of anilines is 1. The second-order valence-electron chi connectivity index (χ2n) is 4.05. The molecule has 1 nitrogen and oxygen atoms in total. The number of benzene rings is 2. The zero-order valence-corrected chi connectivity index (χ0v) is 9.42. The second-order valence-corrected chi connectivity index (χ2v) is 4.05. The average Bonchev–Trinajstić information content (AvgIpc) is 2.22. The lowest BCUT2D eigenvalue weighted by molar-refractivity contribution is 0.619. The van der Waals surface area contributed by atoms with Crippen LogP contribution >= 0.6 is 0 Å². The van der Waals surface area contributed by atoms with Gasteiger partial charge in [-0.2, -0.15) is 0 Å². The van der Waals surface area contributed by atoms with Gasteiger partial charge < -0.3 is 5.73 Å². The number of hydrogen-bond donors (Lipinski definition) is 1. The molecule has 16 heavy (non-hydrogen) atoms. The molecule has 0 amide bonds. The molecule has 0 fully saturated rings. The third kappa shape index (κ3) is 1.91. The molecule has 0 heterocycles. The monoisotopic (exact) mass is 215 g/mol. The van der Waals surface area contributed by atoms with Crippen molar-refractivity contribution < 1.29 is 4.39 Å². The molecule has 2 heteroatoms. The Kier molecular flexibility index (Phi) is 2.65. The highest BCUT2D eigenvalue weighted by Crippen LogP contribution is 2.27. The quantitative estimate of drug-likeness (QED) is 0.721. The summed E-state index contributed by atoms with van der Waals surface area (Å²) in [6.45, 7) is 3.75. The van der Waals surface area contributed by atoms with Gasteiger partial charge in [-0.25, -0.2) is 4.39 Å². The number of halogens is 1. The zero-order chi connectivity index (χ0) is 11.7. The summed E-state index contributed by atoms with van der Waals surface area (Å²) in [5.41, 5.74) is 10.3. The molecule has 2 rings (SSSR count). The highest BCUT2D eigenvalue weighted by molar-refractivity contribution is 5.77. The van der Waals surface area contributed by atoms with Gasteiger partial charge >= 0.3 is 0 Å². The Bertz CT molecular complexity index is 532. The standard InChI is InChI=1S/C14H14FN/c1-9-3-5-12(14(16)7-9)11-4-6-13(15)10(2)8-11/h3-8H,16H2,1-2H3. The predicted molar refractivity (Wildman–Crippen MR) is 65.7 cm³/mol. The van der Waals surface area contributed by atoms with E-state index in [-0.39, 0.29) is 5.82 Å². The maximum atomic E-state index is 13.1. The molecular formula is C14H14FN. The van der Waals surface area contributed by atoms with Crippen LogP contribution in [0, 0.1) is 19.7 Å². The molecule has 82 valence electrons. The summed E-state index contributed by atoms with van der Waals surface area (Å²) < 4.78 is 13.1. The van der Waals surface area contributed by atoms with E-state index in [2.05, 4.69) is 0 Å². The molecule has 0 aliphatic rings. The fourth-order valence-corrected chi connectivity index (χ4v) is 1.76. The Labute approximate surface area is 94.7 Å². The summed E-state index contributed by atoms with van der Waals surface area (Å²) in [5, 5.41) is 0. The van der Waals surface area contributed by atoms with Crippen LogP contribution in [0.1, 0.15) is 11.1 Å². The van der Waals surface area contributed by atoms with Gasteiger partial charge in [0.25, 0.3) is 0 Å². The Morgan fingerprint density at radius 3 is 2.38 bits per heavy atom. The summed E-state index contributed by atoms with van der Waals surface area (Å²) in [7, 11) is 0. The van der Waals surface area contributed by atoms with Crippen LogP contribution in [0.25, 0.3) is 11.1 Å². The predicted octanol–water partition coefficient (Wildman–Crippen LogP) is 3.69. The maximum absolute atomic E-state index is 13.1. The molecule has 0 atom stereocenters. The van der Waals surface area contributed by atoms with E-state index >= 15 is 0 Å². The van der Waals surface area contributed by atoms with Gasteiger partial charge in [0.05, 0.1) is 0 Å². The summed E-state index contributed by atoms with van der Waals surface area (Å²) >= 11 is 0. The molecule has 2 aromatic carbocycles. The largest absolute Gasteiger partial charge is 0.398 e. The molecule has 0 aliphatic carbocycles. The van der Waals surface area contributed by atoms with E-state index in [0.717, 1.165) is 22.4 Å². The van der Waals surface area contributed by atoms with Crippen LogP contribution in [-0.2, 0) is 0 Å². The van der Waals surface area contributed by atoms with Crippen LogP contribution in [0.15, 0.2) is 36.4 Å². The van der Waals surface area contributed by atoms with Crippen LogP contribution in [0.4, 0.5) is 10.1 Å². The molecule has 0 saturated carbocycles. The molecule has 0 bridgehead atoms. The number of nitrogen functional groups attached to an aromatic ring is 1. The number of hydrogen-bond acceptors (Lipinski definition) is 1. The molecule has 0 aromatic heterocycles. The zero-order valence-electron chi connectivity index (χ0n) is 9.42. The minimum Gasteiger partial charge on any atom is -0.398 e. The Morgan fingerprint density at radius 2 is 1.75 bits per heavy atom. The first-order valence-corrected chi connectivity index (χ1v) is 5.20. The van der Waals surface area contributed by atoms with Crippen LogP contribution in [-0.4, -0.2) is 0 Å². The molecule has 0 saturated heterocycles. The third-order valence-electron chi connectivity index (χ3n) is 2.68. The first-order valence-electron chi connectivity index (χ1n) is 5.20. The van der Waals surface area contributed by atoms with Crippen molar-refractivity contribution in [1.29, 1.82) is 0 Å². The normalized spacial score (nSPS) is 10.4. The topological polar surface area (TPSA) is 26.0 Å². The van der Waals surface area contributed by atoms with E-state index in [4.69, 9.17) is 5.73 Å². The van der Waals surface area contributed by atoms with E-state index in [1.54, 1.807) is 13.0 Å².